The molecule has 286 valence electrons. The molecule has 0 aromatic heterocycles. The van der Waals surface area contributed by atoms with Crippen molar-refractivity contribution in [2.24, 2.45) is 11.8 Å². The van der Waals surface area contributed by atoms with E-state index < -0.39 is 5.97 Å². The van der Waals surface area contributed by atoms with Crippen molar-refractivity contribution in [1.29, 1.82) is 0 Å². The number of allylic oxidation sites excluding steroid dienone is 6. The molecule has 0 saturated carbocycles. The number of esters is 1. The fourth-order valence-electron chi connectivity index (χ4n) is 7.81. The van der Waals surface area contributed by atoms with Gasteiger partial charge in [-0.25, -0.2) is 4.79 Å². The van der Waals surface area contributed by atoms with Gasteiger partial charge >= 0.3 is 5.97 Å². The number of carbonyl (C=O) groups excluding carboxylic acids is 1. The third kappa shape index (κ3) is 11.0. The number of aromatic hydroxyl groups is 4. The maximum atomic E-state index is 12.7. The third-order valence-corrected chi connectivity index (χ3v) is 10.7. The Balaban J connectivity index is 0.000000288. The van der Waals surface area contributed by atoms with Gasteiger partial charge in [0.1, 0.15) is 35.2 Å². The average Bonchev–Trinajstić information content (AvgIpc) is 3.07. The summed E-state index contributed by atoms with van der Waals surface area (Å²) in [5.74, 6) is -0.341. The van der Waals surface area contributed by atoms with Gasteiger partial charge in [0.2, 0.25) is 0 Å². The minimum atomic E-state index is -0.673. The Hall–Kier alpha value is -3.97. The smallest absolute Gasteiger partial charge is 0.342 e. The van der Waals surface area contributed by atoms with Crippen molar-refractivity contribution in [1.82, 2.24) is 0 Å². The van der Waals surface area contributed by atoms with Crippen molar-refractivity contribution >= 4 is 5.97 Å². The topological polar surface area (TPSA) is 127 Å². The monoisotopic (exact) mass is 716 g/mol. The zero-order valence-electron chi connectivity index (χ0n) is 32.6. The highest BCUT2D eigenvalue weighted by Gasteiger charge is 2.34. The number of ether oxygens (including phenoxy) is 1. The third-order valence-electron chi connectivity index (χ3n) is 10.7. The van der Waals surface area contributed by atoms with Gasteiger partial charge in [-0.3, -0.25) is 0 Å². The van der Waals surface area contributed by atoms with E-state index in [1.165, 1.54) is 24.0 Å². The van der Waals surface area contributed by atoms with Crippen LogP contribution in [0.4, 0.5) is 0 Å². The van der Waals surface area contributed by atoms with Gasteiger partial charge in [0.15, 0.2) is 0 Å². The molecule has 0 bridgehead atoms. The minimum Gasteiger partial charge on any atom is -0.507 e. The van der Waals surface area contributed by atoms with E-state index in [0.29, 0.717) is 23.1 Å². The summed E-state index contributed by atoms with van der Waals surface area (Å²) in [6.07, 6.45) is 15.9. The first-order valence-corrected chi connectivity index (χ1v) is 19.3. The Morgan fingerprint density at radius 3 is 1.71 bits per heavy atom. The van der Waals surface area contributed by atoms with Crippen LogP contribution in [0.1, 0.15) is 150 Å². The van der Waals surface area contributed by atoms with Gasteiger partial charge in [-0.2, -0.15) is 0 Å². The lowest BCUT2D eigenvalue weighted by molar-refractivity contribution is 0.0429. The summed E-state index contributed by atoms with van der Waals surface area (Å²) in [4.78, 5) is 12.7. The van der Waals surface area contributed by atoms with Gasteiger partial charge in [-0.15, -0.1) is 0 Å². The lowest BCUT2D eigenvalue weighted by atomic mass is 9.73. The molecule has 0 fully saturated rings. The van der Waals surface area contributed by atoms with Crippen LogP contribution in [0.2, 0.25) is 0 Å². The van der Waals surface area contributed by atoms with Crippen LogP contribution in [-0.4, -0.2) is 44.7 Å². The highest BCUT2D eigenvalue weighted by Crippen LogP contribution is 2.49. The average molecular weight is 717 g/mol. The van der Waals surface area contributed by atoms with Gasteiger partial charge in [-0.05, 0) is 120 Å². The first kappa shape index (κ1) is 42.4. The maximum Gasteiger partial charge on any atom is 0.342 e. The minimum absolute atomic E-state index is 0.00472. The summed E-state index contributed by atoms with van der Waals surface area (Å²) in [6.45, 7) is 20.2. The van der Waals surface area contributed by atoms with Gasteiger partial charge in [0, 0.05) is 23.0 Å². The second-order valence-electron chi connectivity index (χ2n) is 15.1. The molecule has 0 heterocycles. The Morgan fingerprint density at radius 1 is 0.750 bits per heavy atom. The van der Waals surface area contributed by atoms with Crippen LogP contribution in [0.15, 0.2) is 65.8 Å². The number of hydrogen-bond donors (Lipinski definition) is 5. The molecule has 7 nitrogen and oxygen atoms in total. The number of carbonyl (C=O) groups is 1. The molecule has 2 aromatic carbocycles. The Bertz CT molecular complexity index is 1590. The van der Waals surface area contributed by atoms with Crippen molar-refractivity contribution in [2.45, 2.75) is 130 Å². The van der Waals surface area contributed by atoms with E-state index in [-0.39, 0.29) is 65.4 Å². The van der Waals surface area contributed by atoms with Crippen LogP contribution in [0, 0.1) is 11.8 Å². The normalized spacial score (nSPS) is 19.9. The van der Waals surface area contributed by atoms with Crippen LogP contribution >= 0.6 is 0 Å². The molecule has 4 rings (SSSR count). The molecule has 4 atom stereocenters. The van der Waals surface area contributed by atoms with Crippen molar-refractivity contribution < 1.29 is 35.1 Å². The number of aliphatic hydroxyl groups excluding tert-OH is 1. The number of phenols is 4. The van der Waals surface area contributed by atoms with Crippen molar-refractivity contribution in [3.05, 3.63) is 93.6 Å². The summed E-state index contributed by atoms with van der Waals surface area (Å²) >= 11 is 0. The molecule has 5 N–H and O–H groups in total. The van der Waals surface area contributed by atoms with E-state index >= 15 is 0 Å². The first-order valence-electron chi connectivity index (χ1n) is 19.3. The van der Waals surface area contributed by atoms with E-state index in [4.69, 9.17) is 9.84 Å². The standard InChI is InChI=1S/C24H34O5.C21H30O2/c1-5-6-7-8-17-14-20(26)22(23(27)21(17)24(28)29-12-11-25)19-13-16(4)9-10-18(19)15(2)3;1-5-6-7-8-16-12-19(22)21(20(23)13-16)18-11-15(4)9-10-17(18)14(2)3/h13-14,18-19,25-27H,2,5-12H2,1,3-4H3;11-13,17-18,22-23H,2,5-10H2,1,3-4H3/t18-,19+;17-,18+/m00/s1. The molecule has 0 spiro atoms. The van der Waals surface area contributed by atoms with Crippen LogP contribution in [0.25, 0.3) is 0 Å². The van der Waals surface area contributed by atoms with Gasteiger partial charge in [0.25, 0.3) is 0 Å². The SMILES string of the molecule is C=C(C)[C@@H]1CCC(C)=C[C@H]1c1c(O)cc(CCCCC)c(C(=O)OCCO)c1O.C=C(C)[C@@H]1CCC(C)=C[C@H]1c1c(O)cc(CCCCC)cc1O. The van der Waals surface area contributed by atoms with Gasteiger partial charge in [0.05, 0.1) is 6.61 Å². The largest absolute Gasteiger partial charge is 0.507 e. The summed E-state index contributed by atoms with van der Waals surface area (Å²) in [7, 11) is 0. The molecule has 2 aliphatic carbocycles. The van der Waals surface area contributed by atoms with E-state index in [2.05, 4.69) is 46.1 Å². The molecule has 0 saturated heterocycles. The van der Waals surface area contributed by atoms with Crippen molar-refractivity contribution in [2.75, 3.05) is 13.2 Å². The zero-order valence-corrected chi connectivity index (χ0v) is 32.6. The van der Waals surface area contributed by atoms with E-state index in [9.17, 15) is 25.2 Å². The quantitative estimate of drug-likeness (QED) is 0.0705. The molecule has 2 aromatic rings. The van der Waals surface area contributed by atoms with Crippen molar-refractivity contribution in [3.63, 3.8) is 0 Å². The summed E-state index contributed by atoms with van der Waals surface area (Å²) in [5.41, 5.74) is 7.30. The number of aliphatic hydroxyl groups is 1. The van der Waals surface area contributed by atoms with E-state index in [0.717, 1.165) is 74.5 Å². The number of hydrogen-bond acceptors (Lipinski definition) is 7. The molecule has 0 aliphatic heterocycles. The lowest BCUT2D eigenvalue weighted by Gasteiger charge is -2.32. The second kappa shape index (κ2) is 20.3. The highest BCUT2D eigenvalue weighted by molar-refractivity contribution is 5.95. The van der Waals surface area contributed by atoms with E-state index in [1.54, 1.807) is 6.07 Å². The number of rotatable bonds is 15. The number of unbranched alkanes of at least 4 members (excludes halogenated alkanes) is 4. The summed E-state index contributed by atoms with van der Waals surface area (Å²) < 4.78 is 5.12. The van der Waals surface area contributed by atoms with Crippen LogP contribution in [-0.2, 0) is 17.6 Å². The maximum absolute atomic E-state index is 12.7. The second-order valence-corrected chi connectivity index (χ2v) is 15.1. The summed E-state index contributed by atoms with van der Waals surface area (Å²) in [5, 5.41) is 52.1. The fraction of sp³-hybridized carbons (Fsp3) is 0.533. The fourth-order valence-corrected chi connectivity index (χ4v) is 7.81. The molecule has 52 heavy (non-hydrogen) atoms. The summed E-state index contributed by atoms with van der Waals surface area (Å²) in [6, 6.07) is 5.25. The molecule has 0 amide bonds. The number of aryl methyl sites for hydroxylation is 2. The Kier molecular flexibility index (Phi) is 16.6. The predicted molar refractivity (Wildman–Crippen MR) is 211 cm³/mol. The molecule has 7 heteroatoms. The van der Waals surface area contributed by atoms with Gasteiger partial charge < -0.3 is 30.3 Å². The van der Waals surface area contributed by atoms with Crippen molar-refractivity contribution in [3.8, 4) is 23.0 Å². The number of phenolic OH excluding ortho intramolecular Hbond substituents is 4. The predicted octanol–water partition coefficient (Wildman–Crippen LogP) is 10.8. The molecular formula is C45H64O7. The first-order chi connectivity index (χ1) is 24.7. The van der Waals surface area contributed by atoms with Gasteiger partial charge in [-0.1, -0.05) is 87.1 Å². The lowest BCUT2D eigenvalue weighted by Crippen LogP contribution is -2.19. The Labute approximate surface area is 312 Å². The van der Waals surface area contributed by atoms with E-state index in [1.807, 2.05) is 32.9 Å². The molecule has 0 unspecified atom stereocenters. The highest BCUT2D eigenvalue weighted by atomic mass is 16.5. The number of benzene rings is 2. The zero-order chi connectivity index (χ0) is 38.5. The molecule has 0 radical (unpaired) electrons. The van der Waals surface area contributed by atoms with Crippen LogP contribution in [0.5, 0.6) is 23.0 Å². The van der Waals surface area contributed by atoms with Crippen LogP contribution < -0.4 is 0 Å². The Morgan fingerprint density at radius 2 is 1.23 bits per heavy atom. The molecular weight excluding hydrogens is 652 g/mol. The molecule has 2 aliphatic rings. The van der Waals surface area contributed by atoms with Crippen LogP contribution in [0.3, 0.4) is 0 Å².